The van der Waals surface area contributed by atoms with E-state index in [9.17, 15) is 18.0 Å². The Bertz CT molecular complexity index is 397. The summed E-state index contributed by atoms with van der Waals surface area (Å²) in [5.41, 5.74) is 4.12. The van der Waals surface area contributed by atoms with Gasteiger partial charge < -0.3 is 10.5 Å². The van der Waals surface area contributed by atoms with Crippen molar-refractivity contribution < 1.29 is 22.7 Å². The van der Waals surface area contributed by atoms with Crippen LogP contribution in [0.4, 0.5) is 18.0 Å². The van der Waals surface area contributed by atoms with Gasteiger partial charge in [-0.25, -0.2) is 4.79 Å². The average molecular weight is 299 g/mol. The molecule has 2 N–H and O–H groups in total. The number of nitrogens with zero attached hydrogens (tertiary/aromatic N) is 1. The second-order valence-electron chi connectivity index (χ2n) is 2.76. The number of nitrogens with two attached hydrogens (primary N) is 1. The van der Waals surface area contributed by atoms with E-state index >= 15 is 0 Å². The molecule has 88 valence electrons. The third kappa shape index (κ3) is 3.37. The summed E-state index contributed by atoms with van der Waals surface area (Å²) in [4.78, 5) is 13.9. The van der Waals surface area contributed by atoms with Crippen molar-refractivity contribution in [1.29, 1.82) is 0 Å². The highest BCUT2D eigenvalue weighted by atomic mass is 79.9. The van der Waals surface area contributed by atoms with E-state index < -0.39 is 24.1 Å². The average Bonchev–Trinajstić information content (AvgIpc) is 2.12. The molecule has 0 aromatic carbocycles. The molecular weight excluding hydrogens is 293 g/mol. The van der Waals surface area contributed by atoms with Crippen LogP contribution < -0.4 is 5.73 Å². The Labute approximate surface area is 96.7 Å². The minimum Gasteiger partial charge on any atom is -0.430 e. The summed E-state index contributed by atoms with van der Waals surface area (Å²) in [6, 6.07) is 2.54. The van der Waals surface area contributed by atoms with E-state index in [1.807, 2.05) is 0 Å². The van der Waals surface area contributed by atoms with Crippen LogP contribution in [0.2, 0.25) is 0 Å². The molecule has 1 aromatic heterocycles. The minimum absolute atomic E-state index is 0.389. The van der Waals surface area contributed by atoms with Gasteiger partial charge in [-0.3, -0.25) is 4.98 Å². The number of amides is 1. The molecule has 0 fully saturated rings. The fourth-order valence-corrected chi connectivity index (χ4v) is 1.33. The summed E-state index contributed by atoms with van der Waals surface area (Å²) in [6.07, 6.45) is -7.57. The van der Waals surface area contributed by atoms with E-state index in [-0.39, 0.29) is 0 Å². The molecule has 8 heteroatoms. The van der Waals surface area contributed by atoms with Crippen molar-refractivity contribution in [2.24, 2.45) is 5.73 Å². The summed E-state index contributed by atoms with van der Waals surface area (Å²) in [5.74, 6) is 0. The van der Waals surface area contributed by atoms with Crippen LogP contribution in [0.1, 0.15) is 11.8 Å². The highest BCUT2D eigenvalue weighted by molar-refractivity contribution is 9.10. The van der Waals surface area contributed by atoms with Crippen LogP contribution >= 0.6 is 15.9 Å². The van der Waals surface area contributed by atoms with Gasteiger partial charge in [-0.15, -0.1) is 0 Å². The van der Waals surface area contributed by atoms with Crippen LogP contribution in [0.25, 0.3) is 0 Å². The minimum atomic E-state index is -4.76. The Kier molecular flexibility index (Phi) is 3.74. The topological polar surface area (TPSA) is 65.2 Å². The number of hydrogen-bond donors (Lipinski definition) is 1. The lowest BCUT2D eigenvalue weighted by Gasteiger charge is -2.18. The Morgan fingerprint density at radius 1 is 1.56 bits per heavy atom. The summed E-state index contributed by atoms with van der Waals surface area (Å²) in [7, 11) is 0. The first kappa shape index (κ1) is 12.8. The van der Waals surface area contributed by atoms with Gasteiger partial charge in [0.25, 0.3) is 0 Å². The number of hydrogen-bond acceptors (Lipinski definition) is 3. The van der Waals surface area contributed by atoms with E-state index in [4.69, 9.17) is 0 Å². The second-order valence-corrected chi connectivity index (χ2v) is 3.67. The van der Waals surface area contributed by atoms with Crippen molar-refractivity contribution in [3.8, 4) is 0 Å². The quantitative estimate of drug-likeness (QED) is 0.912. The SMILES string of the molecule is NC(=O)OC(c1cc(Br)ccn1)C(F)(F)F. The van der Waals surface area contributed by atoms with Gasteiger partial charge in [-0.05, 0) is 12.1 Å². The number of ether oxygens (including phenoxy) is 1. The van der Waals surface area contributed by atoms with Crippen LogP contribution in [0.15, 0.2) is 22.8 Å². The van der Waals surface area contributed by atoms with Crippen LogP contribution in [-0.4, -0.2) is 17.3 Å². The fraction of sp³-hybridized carbons (Fsp3) is 0.250. The zero-order valence-corrected chi connectivity index (χ0v) is 9.25. The monoisotopic (exact) mass is 298 g/mol. The maximum atomic E-state index is 12.5. The second kappa shape index (κ2) is 4.69. The first-order valence-electron chi connectivity index (χ1n) is 3.95. The molecule has 1 atom stereocenters. The first-order valence-corrected chi connectivity index (χ1v) is 4.74. The van der Waals surface area contributed by atoms with Gasteiger partial charge in [-0.1, -0.05) is 15.9 Å². The lowest BCUT2D eigenvalue weighted by molar-refractivity contribution is -0.206. The number of carbonyl (C=O) groups is 1. The molecule has 1 amide bonds. The Hall–Kier alpha value is -1.31. The number of rotatable bonds is 2. The molecule has 16 heavy (non-hydrogen) atoms. The van der Waals surface area contributed by atoms with Crippen molar-refractivity contribution in [3.63, 3.8) is 0 Å². The number of pyridine rings is 1. The molecule has 1 heterocycles. The summed E-state index contributed by atoms with van der Waals surface area (Å²) >= 11 is 2.98. The van der Waals surface area contributed by atoms with E-state index in [1.165, 1.54) is 6.07 Å². The molecule has 4 nitrogen and oxygen atoms in total. The van der Waals surface area contributed by atoms with E-state index in [0.29, 0.717) is 4.47 Å². The molecule has 0 aliphatic heterocycles. The number of carbonyl (C=O) groups excluding carboxylic acids is 1. The molecular formula is C8H6BrF3N2O2. The number of halogens is 4. The zero-order chi connectivity index (χ0) is 12.3. The summed E-state index contributed by atoms with van der Waals surface area (Å²) in [5, 5.41) is 0. The molecule has 0 saturated heterocycles. The van der Waals surface area contributed by atoms with Gasteiger partial charge in [0, 0.05) is 10.7 Å². The smallest absolute Gasteiger partial charge is 0.430 e. The van der Waals surface area contributed by atoms with Crippen LogP contribution in [0.3, 0.4) is 0 Å². The molecule has 0 aliphatic carbocycles. The van der Waals surface area contributed by atoms with Gasteiger partial charge >= 0.3 is 12.3 Å². The third-order valence-corrected chi connectivity index (χ3v) is 2.04. The van der Waals surface area contributed by atoms with E-state index in [1.54, 1.807) is 0 Å². The molecule has 0 radical (unpaired) electrons. The van der Waals surface area contributed by atoms with Crippen LogP contribution in [0.5, 0.6) is 0 Å². The molecule has 0 saturated carbocycles. The van der Waals surface area contributed by atoms with Crippen molar-refractivity contribution >= 4 is 22.0 Å². The first-order chi connectivity index (χ1) is 7.30. The van der Waals surface area contributed by atoms with E-state index in [2.05, 4.69) is 31.4 Å². The highest BCUT2D eigenvalue weighted by Gasteiger charge is 2.45. The van der Waals surface area contributed by atoms with Crippen molar-refractivity contribution in [1.82, 2.24) is 4.98 Å². The van der Waals surface area contributed by atoms with Crippen molar-refractivity contribution in [2.45, 2.75) is 12.3 Å². The largest absolute Gasteiger partial charge is 0.431 e. The number of aromatic nitrogens is 1. The standard InChI is InChI=1S/C8H6BrF3N2O2/c9-4-1-2-14-5(3-4)6(8(10,11)12)16-7(13)15/h1-3,6H,(H2,13,15). The molecule has 0 spiro atoms. The van der Waals surface area contributed by atoms with Gasteiger partial charge in [0.05, 0.1) is 5.69 Å². The third-order valence-electron chi connectivity index (χ3n) is 1.54. The highest BCUT2D eigenvalue weighted by Crippen LogP contribution is 2.35. The maximum Gasteiger partial charge on any atom is 0.431 e. The lowest BCUT2D eigenvalue weighted by atomic mass is 10.2. The van der Waals surface area contributed by atoms with Crippen LogP contribution in [0, 0.1) is 0 Å². The molecule has 0 aliphatic rings. The van der Waals surface area contributed by atoms with Gasteiger partial charge in [-0.2, -0.15) is 13.2 Å². The van der Waals surface area contributed by atoms with Crippen molar-refractivity contribution in [2.75, 3.05) is 0 Å². The normalized spacial score (nSPS) is 13.2. The Morgan fingerprint density at radius 2 is 2.19 bits per heavy atom. The molecule has 0 bridgehead atoms. The predicted molar refractivity (Wildman–Crippen MR) is 51.4 cm³/mol. The number of primary amides is 1. The Morgan fingerprint density at radius 3 is 2.62 bits per heavy atom. The molecule has 1 aromatic rings. The molecule has 1 unspecified atom stereocenters. The lowest BCUT2D eigenvalue weighted by Crippen LogP contribution is -2.29. The Balaban J connectivity index is 3.06. The predicted octanol–water partition coefficient (Wildman–Crippen LogP) is 2.54. The zero-order valence-electron chi connectivity index (χ0n) is 7.66. The van der Waals surface area contributed by atoms with Gasteiger partial charge in [0.2, 0.25) is 6.10 Å². The van der Waals surface area contributed by atoms with E-state index in [0.717, 1.165) is 12.3 Å². The van der Waals surface area contributed by atoms with Crippen LogP contribution in [-0.2, 0) is 4.74 Å². The summed E-state index contributed by atoms with van der Waals surface area (Å²) in [6.45, 7) is 0. The van der Waals surface area contributed by atoms with Gasteiger partial charge in [0.15, 0.2) is 0 Å². The van der Waals surface area contributed by atoms with Crippen molar-refractivity contribution in [3.05, 3.63) is 28.5 Å². The fourth-order valence-electron chi connectivity index (χ4n) is 0.976. The summed E-state index contributed by atoms with van der Waals surface area (Å²) < 4.78 is 41.9. The van der Waals surface area contributed by atoms with Gasteiger partial charge in [0.1, 0.15) is 0 Å². The maximum absolute atomic E-state index is 12.5. The molecule has 1 rings (SSSR count). The number of alkyl halides is 3.